The number of fused-ring (bicyclic) bond motifs is 1. The van der Waals surface area contributed by atoms with Crippen LogP contribution < -0.4 is 5.73 Å². The minimum atomic E-state index is -2.42. The molecule has 3 nitrogen and oxygen atoms in total. The molecular weight excluding hydrogens is 330 g/mol. The highest BCUT2D eigenvalue weighted by atomic mass is 79.9. The summed E-state index contributed by atoms with van der Waals surface area (Å²) in [5.74, 6) is -2.83. The number of halogens is 3. The summed E-state index contributed by atoms with van der Waals surface area (Å²) >= 11 is 3.38. The maximum absolute atomic E-state index is 13.0. The van der Waals surface area contributed by atoms with Gasteiger partial charge >= 0.3 is 0 Å². The summed E-state index contributed by atoms with van der Waals surface area (Å²) in [6.07, 6.45) is 1.06. The average molecular weight is 345 g/mol. The van der Waals surface area contributed by atoms with Crippen LogP contribution in [0, 0.1) is 17.8 Å². The van der Waals surface area contributed by atoms with Crippen LogP contribution in [0.5, 0.6) is 0 Å². The first-order chi connectivity index (χ1) is 9.50. The zero-order valence-electron chi connectivity index (χ0n) is 10.7. The molecule has 0 heterocycles. The van der Waals surface area contributed by atoms with E-state index < -0.39 is 17.8 Å². The monoisotopic (exact) mass is 344 g/mol. The maximum atomic E-state index is 13.0. The van der Waals surface area contributed by atoms with Crippen molar-refractivity contribution in [2.75, 3.05) is 6.61 Å². The number of alkyl halides is 2. The van der Waals surface area contributed by atoms with Gasteiger partial charge in [0.25, 0.3) is 5.92 Å². The lowest BCUT2D eigenvalue weighted by atomic mass is 10.0. The Hall–Kier alpha value is -1.17. The lowest BCUT2D eigenvalue weighted by Crippen LogP contribution is -2.17. The molecule has 2 atom stereocenters. The molecule has 108 valence electrons. The number of benzene rings is 1. The fourth-order valence-electron chi connectivity index (χ4n) is 2.98. The van der Waals surface area contributed by atoms with Crippen molar-refractivity contribution in [2.24, 2.45) is 28.6 Å². The van der Waals surface area contributed by atoms with E-state index >= 15 is 0 Å². The van der Waals surface area contributed by atoms with E-state index in [1.807, 2.05) is 24.3 Å². The van der Waals surface area contributed by atoms with Gasteiger partial charge in [-0.3, -0.25) is 0 Å². The molecule has 0 radical (unpaired) electrons. The van der Waals surface area contributed by atoms with Gasteiger partial charge in [0.1, 0.15) is 6.61 Å². The molecule has 20 heavy (non-hydrogen) atoms. The van der Waals surface area contributed by atoms with Crippen molar-refractivity contribution in [1.82, 2.24) is 0 Å². The summed E-state index contributed by atoms with van der Waals surface area (Å²) in [5.41, 5.74) is 6.59. The van der Waals surface area contributed by atoms with E-state index in [0.717, 1.165) is 10.0 Å². The smallest absolute Gasteiger partial charge is 0.254 e. The fourth-order valence-corrected chi connectivity index (χ4v) is 3.47. The molecule has 0 bridgehead atoms. The zero-order valence-corrected chi connectivity index (χ0v) is 12.3. The van der Waals surface area contributed by atoms with Crippen LogP contribution in [0.4, 0.5) is 8.78 Å². The van der Waals surface area contributed by atoms with E-state index in [1.165, 1.54) is 0 Å². The van der Waals surface area contributed by atoms with Gasteiger partial charge in [-0.1, -0.05) is 39.3 Å². The maximum Gasteiger partial charge on any atom is 0.254 e. The van der Waals surface area contributed by atoms with Gasteiger partial charge in [0.2, 0.25) is 0 Å². The average Bonchev–Trinajstić information content (AvgIpc) is 2.79. The van der Waals surface area contributed by atoms with Crippen LogP contribution in [0.15, 0.2) is 33.9 Å². The lowest BCUT2D eigenvalue weighted by molar-refractivity contribution is 0.0429. The third kappa shape index (κ3) is 2.41. The third-order valence-electron chi connectivity index (χ3n) is 4.16. The molecule has 2 unspecified atom stereocenters. The number of hydrogen-bond donors (Lipinski definition) is 1. The van der Waals surface area contributed by atoms with Crippen molar-refractivity contribution in [3.8, 4) is 0 Å². The first-order valence-corrected chi connectivity index (χ1v) is 7.37. The molecule has 0 spiro atoms. The van der Waals surface area contributed by atoms with E-state index in [-0.39, 0.29) is 11.8 Å². The first-order valence-electron chi connectivity index (χ1n) is 6.58. The number of nitrogens with zero attached hydrogens (tertiary/aromatic N) is 1. The van der Waals surface area contributed by atoms with Gasteiger partial charge in [0.15, 0.2) is 5.84 Å². The third-order valence-corrected chi connectivity index (χ3v) is 4.85. The number of rotatable bonds is 4. The van der Waals surface area contributed by atoms with E-state index in [9.17, 15) is 8.78 Å². The summed E-state index contributed by atoms with van der Waals surface area (Å²) in [7, 11) is 0. The Bertz CT molecular complexity index is 536. The van der Waals surface area contributed by atoms with Gasteiger partial charge in [0, 0.05) is 21.9 Å². The molecule has 3 rings (SSSR count). The molecule has 2 N–H and O–H groups in total. The van der Waals surface area contributed by atoms with Crippen molar-refractivity contribution >= 4 is 21.8 Å². The lowest BCUT2D eigenvalue weighted by Gasteiger charge is -2.12. The summed E-state index contributed by atoms with van der Waals surface area (Å²) in [5, 5.41) is 3.87. The second-order valence-corrected chi connectivity index (χ2v) is 6.33. The fraction of sp³-hybridized carbons (Fsp3) is 0.500. The van der Waals surface area contributed by atoms with E-state index in [0.29, 0.717) is 19.4 Å². The summed E-state index contributed by atoms with van der Waals surface area (Å²) in [4.78, 5) is 5.22. The summed E-state index contributed by atoms with van der Waals surface area (Å²) < 4.78 is 26.9. The van der Waals surface area contributed by atoms with Crippen LogP contribution in [0.1, 0.15) is 18.4 Å². The van der Waals surface area contributed by atoms with Crippen molar-refractivity contribution < 1.29 is 13.6 Å². The highest BCUT2D eigenvalue weighted by Gasteiger charge is 2.71. The SMILES string of the molecule is N/C(=N\OCC1CC2C(C1)C2(F)F)c1ccccc1Br. The summed E-state index contributed by atoms with van der Waals surface area (Å²) in [6.45, 7) is 0.355. The molecule has 0 aliphatic heterocycles. The second kappa shape index (κ2) is 4.98. The van der Waals surface area contributed by atoms with Gasteiger partial charge in [-0.05, 0) is 24.8 Å². The summed E-state index contributed by atoms with van der Waals surface area (Å²) in [6, 6.07) is 7.43. The molecule has 2 fully saturated rings. The topological polar surface area (TPSA) is 47.6 Å². The first kappa shape index (κ1) is 13.8. The van der Waals surface area contributed by atoms with Crippen molar-refractivity contribution in [3.63, 3.8) is 0 Å². The van der Waals surface area contributed by atoms with Crippen molar-refractivity contribution in [3.05, 3.63) is 34.3 Å². The van der Waals surface area contributed by atoms with Crippen LogP contribution in [0.3, 0.4) is 0 Å². The Kier molecular flexibility index (Phi) is 3.44. The Labute approximate surface area is 124 Å². The quantitative estimate of drug-likeness (QED) is 0.517. The Balaban J connectivity index is 1.51. The Morgan fingerprint density at radius 2 is 2.00 bits per heavy atom. The van der Waals surface area contributed by atoms with Crippen LogP contribution in [0.2, 0.25) is 0 Å². The van der Waals surface area contributed by atoms with Crippen LogP contribution in [-0.4, -0.2) is 18.4 Å². The number of oxime groups is 1. The normalized spacial score (nSPS) is 30.9. The standard InChI is InChI=1S/C14H15BrF2N2O/c15-12-4-2-1-3-9(12)13(18)19-20-7-8-5-10-11(6-8)14(10,16)17/h1-4,8,10-11H,5-7H2,(H2,18,19). The van der Waals surface area contributed by atoms with Gasteiger partial charge < -0.3 is 10.6 Å². The van der Waals surface area contributed by atoms with E-state index in [1.54, 1.807) is 0 Å². The van der Waals surface area contributed by atoms with Crippen LogP contribution in [-0.2, 0) is 4.84 Å². The molecule has 2 saturated carbocycles. The molecule has 2 aliphatic rings. The van der Waals surface area contributed by atoms with Gasteiger partial charge in [-0.2, -0.15) is 0 Å². The van der Waals surface area contributed by atoms with Crippen LogP contribution in [0.25, 0.3) is 0 Å². The molecule has 0 aromatic heterocycles. The predicted octanol–water partition coefficient (Wildman–Crippen LogP) is 3.38. The number of hydrogen-bond acceptors (Lipinski definition) is 2. The van der Waals surface area contributed by atoms with Crippen LogP contribution >= 0.6 is 15.9 Å². The van der Waals surface area contributed by atoms with Crippen molar-refractivity contribution in [1.29, 1.82) is 0 Å². The highest BCUT2D eigenvalue weighted by Crippen LogP contribution is 2.65. The minimum absolute atomic E-state index is 0.167. The molecule has 2 aliphatic carbocycles. The zero-order chi connectivity index (χ0) is 14.3. The Morgan fingerprint density at radius 1 is 1.35 bits per heavy atom. The number of nitrogens with two attached hydrogens (primary N) is 1. The Morgan fingerprint density at radius 3 is 2.65 bits per heavy atom. The predicted molar refractivity (Wildman–Crippen MR) is 75.5 cm³/mol. The minimum Gasteiger partial charge on any atom is -0.394 e. The second-order valence-electron chi connectivity index (χ2n) is 5.48. The van der Waals surface area contributed by atoms with Crippen molar-refractivity contribution in [2.45, 2.75) is 18.8 Å². The number of amidine groups is 1. The molecule has 1 aromatic carbocycles. The van der Waals surface area contributed by atoms with E-state index in [2.05, 4.69) is 21.1 Å². The molecule has 1 aromatic rings. The molecule has 0 saturated heterocycles. The highest BCUT2D eigenvalue weighted by molar-refractivity contribution is 9.10. The molecular formula is C14H15BrF2N2O. The van der Waals surface area contributed by atoms with Gasteiger partial charge in [0.05, 0.1) is 0 Å². The van der Waals surface area contributed by atoms with Gasteiger partial charge in [-0.25, -0.2) is 8.78 Å². The molecule has 6 heteroatoms. The largest absolute Gasteiger partial charge is 0.394 e. The van der Waals surface area contributed by atoms with Gasteiger partial charge in [-0.15, -0.1) is 0 Å². The van der Waals surface area contributed by atoms with E-state index in [4.69, 9.17) is 10.6 Å². The molecule has 0 amide bonds.